The summed E-state index contributed by atoms with van der Waals surface area (Å²) in [7, 11) is 1.90. The lowest BCUT2D eigenvalue weighted by atomic mass is 10.2. The van der Waals surface area contributed by atoms with E-state index in [0.717, 1.165) is 40.2 Å². The topological polar surface area (TPSA) is 56.2 Å². The number of amides is 1. The molecule has 2 aromatic heterocycles. The molecule has 1 aromatic carbocycles. The van der Waals surface area contributed by atoms with Gasteiger partial charge in [0.2, 0.25) is 0 Å². The molecule has 1 aliphatic rings. The normalized spacial score (nSPS) is 15.0. The molecule has 1 N–H and O–H groups in total. The predicted molar refractivity (Wildman–Crippen MR) is 101 cm³/mol. The van der Waals surface area contributed by atoms with Gasteiger partial charge in [0.05, 0.1) is 16.7 Å². The van der Waals surface area contributed by atoms with Crippen LogP contribution >= 0.6 is 11.3 Å². The molecule has 4 rings (SSSR count). The number of aryl methyl sites for hydroxylation is 2. The molecule has 0 unspecified atom stereocenters. The molecule has 130 valence electrons. The number of aromatic nitrogens is 2. The van der Waals surface area contributed by atoms with Crippen LogP contribution in [0.2, 0.25) is 0 Å². The van der Waals surface area contributed by atoms with Crippen molar-refractivity contribution >= 4 is 33.1 Å². The summed E-state index contributed by atoms with van der Waals surface area (Å²) in [5.41, 5.74) is 1.70. The average molecular weight is 355 g/mol. The maximum atomic E-state index is 12.6. The molecular formula is C19H21N3O2S. The number of anilines is 1. The highest BCUT2D eigenvalue weighted by atomic mass is 32.1. The van der Waals surface area contributed by atoms with Gasteiger partial charge in [0.25, 0.3) is 5.91 Å². The van der Waals surface area contributed by atoms with Gasteiger partial charge in [-0.15, -0.1) is 11.3 Å². The van der Waals surface area contributed by atoms with Gasteiger partial charge < -0.3 is 10.1 Å². The molecule has 0 spiro atoms. The first-order chi connectivity index (χ1) is 12.1. The van der Waals surface area contributed by atoms with E-state index in [1.54, 1.807) is 0 Å². The Hall–Kier alpha value is -2.34. The van der Waals surface area contributed by atoms with E-state index in [9.17, 15) is 4.79 Å². The third-order valence-corrected chi connectivity index (χ3v) is 5.82. The number of carbonyl (C=O) groups excluding carboxylic acids is 1. The fourth-order valence-electron chi connectivity index (χ4n) is 3.36. The van der Waals surface area contributed by atoms with Crippen LogP contribution in [-0.2, 0) is 7.05 Å². The molecule has 1 saturated carbocycles. The van der Waals surface area contributed by atoms with Crippen molar-refractivity contribution in [3.8, 4) is 5.75 Å². The minimum absolute atomic E-state index is 0.0985. The molecule has 1 amide bonds. The van der Waals surface area contributed by atoms with Gasteiger partial charge in [-0.1, -0.05) is 6.07 Å². The Morgan fingerprint density at radius 2 is 2.12 bits per heavy atom. The van der Waals surface area contributed by atoms with E-state index in [1.165, 1.54) is 24.2 Å². The first-order valence-corrected chi connectivity index (χ1v) is 9.43. The number of nitrogens with one attached hydrogen (secondary N) is 1. The second-order valence-electron chi connectivity index (χ2n) is 6.54. The average Bonchev–Trinajstić information content (AvgIpc) is 3.28. The first kappa shape index (κ1) is 16.1. The molecule has 0 atom stereocenters. The summed E-state index contributed by atoms with van der Waals surface area (Å²) in [5.74, 6) is 0.722. The highest BCUT2D eigenvalue weighted by Gasteiger charge is 2.18. The molecule has 0 aliphatic heterocycles. The van der Waals surface area contributed by atoms with Gasteiger partial charge in [-0.2, -0.15) is 5.10 Å². The van der Waals surface area contributed by atoms with Crippen molar-refractivity contribution in [2.45, 2.75) is 38.7 Å². The second kappa shape index (κ2) is 6.52. The molecule has 25 heavy (non-hydrogen) atoms. The van der Waals surface area contributed by atoms with E-state index in [0.29, 0.717) is 11.0 Å². The van der Waals surface area contributed by atoms with Gasteiger partial charge in [-0.25, -0.2) is 0 Å². The van der Waals surface area contributed by atoms with Crippen LogP contribution in [0, 0.1) is 6.92 Å². The fourth-order valence-corrected chi connectivity index (χ4v) is 4.37. The standard InChI is InChI=1S/C19H21N3O2S/c1-12-16-11-17(25-19(16)22(2)21-12)18(23)20-13-6-5-9-15(10-13)24-14-7-3-4-8-14/h5-6,9-11,14H,3-4,7-8H2,1-2H3,(H,20,23). The smallest absolute Gasteiger partial charge is 0.265 e. The van der Waals surface area contributed by atoms with E-state index >= 15 is 0 Å². The molecule has 0 radical (unpaired) electrons. The first-order valence-electron chi connectivity index (χ1n) is 8.61. The van der Waals surface area contributed by atoms with Gasteiger partial charge >= 0.3 is 0 Å². The van der Waals surface area contributed by atoms with E-state index in [1.807, 2.05) is 49.0 Å². The van der Waals surface area contributed by atoms with Gasteiger partial charge in [0.15, 0.2) is 0 Å². The van der Waals surface area contributed by atoms with Crippen LogP contribution in [-0.4, -0.2) is 21.8 Å². The van der Waals surface area contributed by atoms with Crippen molar-refractivity contribution < 1.29 is 9.53 Å². The monoisotopic (exact) mass is 355 g/mol. The van der Waals surface area contributed by atoms with Crippen LogP contribution in [0.5, 0.6) is 5.75 Å². The molecule has 5 nitrogen and oxygen atoms in total. The Bertz CT molecular complexity index is 888. The Morgan fingerprint density at radius 1 is 1.32 bits per heavy atom. The number of hydrogen-bond acceptors (Lipinski definition) is 4. The number of benzene rings is 1. The van der Waals surface area contributed by atoms with Crippen molar-refractivity contribution in [2.24, 2.45) is 7.05 Å². The fraction of sp³-hybridized carbons (Fsp3) is 0.368. The molecule has 1 aliphatic carbocycles. The third kappa shape index (κ3) is 3.26. The highest BCUT2D eigenvalue weighted by molar-refractivity contribution is 7.20. The Labute approximate surface area is 150 Å². The summed E-state index contributed by atoms with van der Waals surface area (Å²) < 4.78 is 7.83. The molecule has 2 heterocycles. The molecule has 1 fully saturated rings. The predicted octanol–water partition coefficient (Wildman–Crippen LogP) is 4.52. The summed E-state index contributed by atoms with van der Waals surface area (Å²) in [6.45, 7) is 1.96. The van der Waals surface area contributed by atoms with E-state index in [2.05, 4.69) is 10.4 Å². The Morgan fingerprint density at radius 3 is 2.88 bits per heavy atom. The highest BCUT2D eigenvalue weighted by Crippen LogP contribution is 2.29. The second-order valence-corrected chi connectivity index (χ2v) is 7.58. The molecule has 0 bridgehead atoms. The van der Waals surface area contributed by atoms with Crippen LogP contribution in [0.25, 0.3) is 10.2 Å². The SMILES string of the molecule is Cc1nn(C)c2sc(C(=O)Nc3cccc(OC4CCCC4)c3)cc12. The zero-order chi connectivity index (χ0) is 17.4. The largest absolute Gasteiger partial charge is 0.490 e. The minimum atomic E-state index is -0.0985. The lowest BCUT2D eigenvalue weighted by Gasteiger charge is -2.14. The quantitative estimate of drug-likeness (QED) is 0.749. The molecular weight excluding hydrogens is 334 g/mol. The summed E-state index contributed by atoms with van der Waals surface area (Å²) in [6, 6.07) is 9.56. The number of ether oxygens (including phenoxy) is 1. The summed E-state index contributed by atoms with van der Waals surface area (Å²) in [4.78, 5) is 14.3. The van der Waals surface area contributed by atoms with Crippen molar-refractivity contribution in [3.63, 3.8) is 0 Å². The van der Waals surface area contributed by atoms with Crippen LogP contribution in [0.15, 0.2) is 30.3 Å². The van der Waals surface area contributed by atoms with Crippen molar-refractivity contribution in [3.05, 3.63) is 40.9 Å². The molecule has 0 saturated heterocycles. The zero-order valence-electron chi connectivity index (χ0n) is 14.4. The van der Waals surface area contributed by atoms with E-state index in [-0.39, 0.29) is 5.91 Å². The van der Waals surface area contributed by atoms with Crippen molar-refractivity contribution in [1.29, 1.82) is 0 Å². The lowest BCUT2D eigenvalue weighted by Crippen LogP contribution is -2.12. The zero-order valence-corrected chi connectivity index (χ0v) is 15.2. The van der Waals surface area contributed by atoms with Crippen molar-refractivity contribution in [1.82, 2.24) is 9.78 Å². The van der Waals surface area contributed by atoms with E-state index in [4.69, 9.17) is 4.74 Å². The van der Waals surface area contributed by atoms with Crippen LogP contribution in [0.4, 0.5) is 5.69 Å². The van der Waals surface area contributed by atoms with Crippen molar-refractivity contribution in [2.75, 3.05) is 5.32 Å². The number of fused-ring (bicyclic) bond motifs is 1. The van der Waals surface area contributed by atoms with Gasteiger partial charge in [0.1, 0.15) is 10.6 Å². The van der Waals surface area contributed by atoms with Crippen LogP contribution < -0.4 is 10.1 Å². The summed E-state index contributed by atoms with van der Waals surface area (Å²) >= 11 is 1.46. The maximum Gasteiger partial charge on any atom is 0.265 e. The Balaban J connectivity index is 1.50. The number of hydrogen-bond donors (Lipinski definition) is 1. The number of nitrogens with zero attached hydrogens (tertiary/aromatic N) is 2. The van der Waals surface area contributed by atoms with Gasteiger partial charge in [-0.3, -0.25) is 9.48 Å². The van der Waals surface area contributed by atoms with E-state index < -0.39 is 0 Å². The van der Waals surface area contributed by atoms with Crippen LogP contribution in [0.1, 0.15) is 41.0 Å². The Kier molecular flexibility index (Phi) is 4.21. The van der Waals surface area contributed by atoms with Crippen LogP contribution in [0.3, 0.4) is 0 Å². The van der Waals surface area contributed by atoms with Gasteiger partial charge in [-0.05, 0) is 50.8 Å². The number of rotatable bonds is 4. The summed E-state index contributed by atoms with van der Waals surface area (Å²) in [6.07, 6.45) is 5.02. The molecule has 3 aromatic rings. The third-order valence-electron chi connectivity index (χ3n) is 4.62. The van der Waals surface area contributed by atoms with Gasteiger partial charge in [0, 0.05) is 24.2 Å². The number of thiophene rings is 1. The lowest BCUT2D eigenvalue weighted by molar-refractivity contribution is 0.103. The minimum Gasteiger partial charge on any atom is -0.490 e. The maximum absolute atomic E-state index is 12.6. The molecule has 6 heteroatoms. The summed E-state index contributed by atoms with van der Waals surface area (Å²) in [5, 5.41) is 8.39. The number of carbonyl (C=O) groups is 1.